The van der Waals surface area contributed by atoms with Crippen LogP contribution in [0.1, 0.15) is 20.8 Å². The number of nitrogens with one attached hydrogen (secondary N) is 2. The number of hydrogen-bond acceptors (Lipinski definition) is 3. The second-order valence-corrected chi connectivity index (χ2v) is 4.44. The smallest absolute Gasteiger partial charge is 0.234 e. The van der Waals surface area contributed by atoms with Gasteiger partial charge in [0.05, 0.1) is 6.54 Å². The molecule has 0 aliphatic heterocycles. The van der Waals surface area contributed by atoms with Gasteiger partial charge in [-0.25, -0.2) is 0 Å². The Kier molecular flexibility index (Phi) is 7.34. The van der Waals surface area contributed by atoms with Crippen LogP contribution >= 0.6 is 0 Å². The molecular weight excluding hydrogens is 190 g/mol. The molecule has 4 heteroatoms. The molecule has 0 heterocycles. The minimum absolute atomic E-state index is 0.106. The van der Waals surface area contributed by atoms with Gasteiger partial charge in [0, 0.05) is 19.1 Å². The van der Waals surface area contributed by atoms with Crippen LogP contribution in [0.5, 0.6) is 0 Å². The first-order chi connectivity index (χ1) is 6.97. The quantitative estimate of drug-likeness (QED) is 0.642. The Hall–Kier alpha value is -0.610. The van der Waals surface area contributed by atoms with E-state index in [9.17, 15) is 4.79 Å². The predicted octanol–water partition coefficient (Wildman–Crippen LogP) is 0.298. The summed E-state index contributed by atoms with van der Waals surface area (Å²) in [6.07, 6.45) is 0. The largest absolute Gasteiger partial charge is 0.352 e. The molecule has 0 saturated carbocycles. The summed E-state index contributed by atoms with van der Waals surface area (Å²) in [4.78, 5) is 13.6. The molecule has 0 aromatic rings. The molecule has 0 aliphatic rings. The number of carbonyl (C=O) groups excluding carboxylic acids is 1. The van der Waals surface area contributed by atoms with Gasteiger partial charge in [0.25, 0.3) is 0 Å². The molecule has 90 valence electrons. The van der Waals surface area contributed by atoms with E-state index in [1.165, 1.54) is 0 Å². The summed E-state index contributed by atoms with van der Waals surface area (Å²) in [5.41, 5.74) is 0. The fourth-order valence-electron chi connectivity index (χ4n) is 1.09. The Balaban J connectivity index is 3.73. The van der Waals surface area contributed by atoms with Gasteiger partial charge in [0.2, 0.25) is 5.91 Å². The van der Waals surface area contributed by atoms with E-state index in [1.807, 2.05) is 25.9 Å². The standard InChI is InChI=1S/C11H25N3O/c1-9(2)10(3)13-11(15)8-14(5)7-6-12-4/h9-10,12H,6-8H2,1-5H3,(H,13,15). The minimum Gasteiger partial charge on any atom is -0.352 e. The van der Waals surface area contributed by atoms with E-state index in [2.05, 4.69) is 24.5 Å². The molecule has 0 bridgehead atoms. The monoisotopic (exact) mass is 215 g/mol. The van der Waals surface area contributed by atoms with Gasteiger partial charge in [0.1, 0.15) is 0 Å². The molecular formula is C11H25N3O. The van der Waals surface area contributed by atoms with Crippen molar-refractivity contribution in [1.29, 1.82) is 0 Å². The maximum atomic E-state index is 11.6. The molecule has 0 rings (SSSR count). The maximum Gasteiger partial charge on any atom is 0.234 e. The zero-order chi connectivity index (χ0) is 11.8. The summed E-state index contributed by atoms with van der Waals surface area (Å²) in [5, 5.41) is 6.04. The van der Waals surface area contributed by atoms with E-state index < -0.39 is 0 Å². The normalized spacial score (nSPS) is 13.3. The summed E-state index contributed by atoms with van der Waals surface area (Å²) in [6.45, 7) is 8.52. The van der Waals surface area contributed by atoms with Crippen molar-refractivity contribution >= 4 is 5.91 Å². The van der Waals surface area contributed by atoms with Crippen molar-refractivity contribution in [2.45, 2.75) is 26.8 Å². The summed E-state index contributed by atoms with van der Waals surface area (Å²) >= 11 is 0. The fraction of sp³-hybridized carbons (Fsp3) is 0.909. The Labute approximate surface area is 93.4 Å². The molecule has 1 unspecified atom stereocenters. The van der Waals surface area contributed by atoms with E-state index in [-0.39, 0.29) is 11.9 Å². The summed E-state index contributed by atoms with van der Waals surface area (Å²) in [7, 11) is 3.87. The Morgan fingerprint density at radius 1 is 1.33 bits per heavy atom. The second kappa shape index (κ2) is 7.65. The second-order valence-electron chi connectivity index (χ2n) is 4.44. The third kappa shape index (κ3) is 7.33. The molecule has 0 aliphatic carbocycles. The molecule has 0 aromatic carbocycles. The topological polar surface area (TPSA) is 44.4 Å². The van der Waals surface area contributed by atoms with Gasteiger partial charge in [-0.3, -0.25) is 9.69 Å². The summed E-state index contributed by atoms with van der Waals surface area (Å²) < 4.78 is 0. The lowest BCUT2D eigenvalue weighted by Gasteiger charge is -2.20. The number of rotatable bonds is 7. The van der Waals surface area contributed by atoms with Gasteiger partial charge in [-0.2, -0.15) is 0 Å². The Morgan fingerprint density at radius 2 is 1.93 bits per heavy atom. The van der Waals surface area contributed by atoms with Gasteiger partial charge < -0.3 is 10.6 Å². The van der Waals surface area contributed by atoms with Crippen LogP contribution in [-0.4, -0.2) is 50.6 Å². The van der Waals surface area contributed by atoms with Gasteiger partial charge in [-0.05, 0) is 26.9 Å². The van der Waals surface area contributed by atoms with Crippen LogP contribution in [0.3, 0.4) is 0 Å². The predicted molar refractivity (Wildman–Crippen MR) is 63.9 cm³/mol. The Morgan fingerprint density at radius 3 is 2.40 bits per heavy atom. The third-order valence-electron chi connectivity index (χ3n) is 2.55. The lowest BCUT2D eigenvalue weighted by Crippen LogP contribution is -2.42. The minimum atomic E-state index is 0.106. The van der Waals surface area contributed by atoms with E-state index in [4.69, 9.17) is 0 Å². The van der Waals surface area contributed by atoms with Crippen LogP contribution < -0.4 is 10.6 Å². The van der Waals surface area contributed by atoms with Crippen molar-refractivity contribution in [3.63, 3.8) is 0 Å². The van der Waals surface area contributed by atoms with E-state index in [0.717, 1.165) is 13.1 Å². The van der Waals surface area contributed by atoms with Crippen molar-refractivity contribution in [3.8, 4) is 0 Å². The van der Waals surface area contributed by atoms with Crippen molar-refractivity contribution in [2.75, 3.05) is 33.7 Å². The average Bonchev–Trinajstić information content (AvgIpc) is 2.14. The molecule has 0 aromatic heterocycles. The lowest BCUT2D eigenvalue weighted by molar-refractivity contribution is -0.122. The first-order valence-corrected chi connectivity index (χ1v) is 5.59. The lowest BCUT2D eigenvalue weighted by atomic mass is 10.1. The van der Waals surface area contributed by atoms with Gasteiger partial charge in [-0.1, -0.05) is 13.8 Å². The maximum absolute atomic E-state index is 11.6. The average molecular weight is 215 g/mol. The molecule has 0 fully saturated rings. The van der Waals surface area contributed by atoms with Crippen LogP contribution in [0.2, 0.25) is 0 Å². The van der Waals surface area contributed by atoms with Gasteiger partial charge in [0.15, 0.2) is 0 Å². The van der Waals surface area contributed by atoms with E-state index in [0.29, 0.717) is 12.5 Å². The van der Waals surface area contributed by atoms with Crippen molar-refractivity contribution < 1.29 is 4.79 Å². The third-order valence-corrected chi connectivity index (χ3v) is 2.55. The van der Waals surface area contributed by atoms with Gasteiger partial charge >= 0.3 is 0 Å². The molecule has 4 nitrogen and oxygen atoms in total. The zero-order valence-electron chi connectivity index (χ0n) is 10.6. The number of carbonyl (C=O) groups is 1. The first kappa shape index (κ1) is 14.4. The highest BCUT2D eigenvalue weighted by Crippen LogP contribution is 1.99. The molecule has 1 atom stereocenters. The van der Waals surface area contributed by atoms with Crippen LogP contribution in [-0.2, 0) is 4.79 Å². The van der Waals surface area contributed by atoms with Gasteiger partial charge in [-0.15, -0.1) is 0 Å². The van der Waals surface area contributed by atoms with Crippen LogP contribution in [0.25, 0.3) is 0 Å². The van der Waals surface area contributed by atoms with E-state index >= 15 is 0 Å². The van der Waals surface area contributed by atoms with Crippen molar-refractivity contribution in [3.05, 3.63) is 0 Å². The molecule has 15 heavy (non-hydrogen) atoms. The van der Waals surface area contributed by atoms with Crippen LogP contribution in [0.4, 0.5) is 0 Å². The Bertz CT molecular complexity index is 183. The van der Waals surface area contributed by atoms with Crippen molar-refractivity contribution in [2.24, 2.45) is 5.92 Å². The molecule has 0 saturated heterocycles. The first-order valence-electron chi connectivity index (χ1n) is 5.59. The highest BCUT2D eigenvalue weighted by molar-refractivity contribution is 5.78. The molecule has 1 amide bonds. The number of hydrogen-bond donors (Lipinski definition) is 2. The van der Waals surface area contributed by atoms with Crippen LogP contribution in [0, 0.1) is 5.92 Å². The zero-order valence-corrected chi connectivity index (χ0v) is 10.6. The number of nitrogens with zero attached hydrogens (tertiary/aromatic N) is 1. The summed E-state index contributed by atoms with van der Waals surface area (Å²) in [5.74, 6) is 0.589. The number of likely N-dealkylation sites (N-methyl/N-ethyl adjacent to an activating group) is 2. The molecule has 2 N–H and O–H groups in total. The SMILES string of the molecule is CNCCN(C)CC(=O)NC(C)C(C)C. The van der Waals surface area contributed by atoms with Crippen molar-refractivity contribution in [1.82, 2.24) is 15.5 Å². The highest BCUT2D eigenvalue weighted by Gasteiger charge is 2.11. The van der Waals surface area contributed by atoms with E-state index in [1.54, 1.807) is 0 Å². The molecule has 0 spiro atoms. The number of amides is 1. The summed E-state index contributed by atoms with van der Waals surface area (Å²) in [6, 6.07) is 0.246. The molecule has 0 radical (unpaired) electrons. The fourth-order valence-corrected chi connectivity index (χ4v) is 1.09. The van der Waals surface area contributed by atoms with Crippen LogP contribution in [0.15, 0.2) is 0 Å². The highest BCUT2D eigenvalue weighted by atomic mass is 16.2.